The van der Waals surface area contributed by atoms with Crippen LogP contribution in [-0.4, -0.2) is 35.2 Å². The smallest absolute Gasteiger partial charge is 0.0845 e. The standard InChI is InChI=1S/C14H20N2O/c15-13-11(9-16-8-4-7-12(13)16)14(17)10-5-2-1-3-6-10/h1-3,5-6,11-14,17H,4,7-9,15H2/t11-,12-,13-,14-/m1/s1. The van der Waals surface area contributed by atoms with Crippen LogP contribution in [0.1, 0.15) is 24.5 Å². The lowest BCUT2D eigenvalue weighted by Gasteiger charge is -2.23. The largest absolute Gasteiger partial charge is 0.388 e. The lowest BCUT2D eigenvalue weighted by molar-refractivity contribution is 0.103. The van der Waals surface area contributed by atoms with E-state index in [0.29, 0.717) is 6.04 Å². The number of hydrogen-bond acceptors (Lipinski definition) is 3. The quantitative estimate of drug-likeness (QED) is 0.804. The van der Waals surface area contributed by atoms with E-state index in [9.17, 15) is 5.11 Å². The van der Waals surface area contributed by atoms with Crippen LogP contribution >= 0.6 is 0 Å². The first-order valence-electron chi connectivity index (χ1n) is 6.50. The Hall–Kier alpha value is -0.900. The zero-order chi connectivity index (χ0) is 11.8. The number of aliphatic hydroxyl groups excluding tert-OH is 1. The van der Waals surface area contributed by atoms with Crippen molar-refractivity contribution in [3.05, 3.63) is 35.9 Å². The van der Waals surface area contributed by atoms with Crippen LogP contribution in [0.4, 0.5) is 0 Å². The lowest BCUT2D eigenvalue weighted by atomic mass is 9.89. The monoisotopic (exact) mass is 232 g/mol. The first kappa shape index (κ1) is 11.2. The number of benzene rings is 1. The van der Waals surface area contributed by atoms with Crippen LogP contribution in [0, 0.1) is 5.92 Å². The van der Waals surface area contributed by atoms with Crippen molar-refractivity contribution in [1.82, 2.24) is 4.90 Å². The molecular formula is C14H20N2O. The summed E-state index contributed by atoms with van der Waals surface area (Å²) in [5, 5.41) is 10.4. The van der Waals surface area contributed by atoms with Crippen molar-refractivity contribution in [3.63, 3.8) is 0 Å². The normalized spacial score (nSPS) is 34.8. The Morgan fingerprint density at radius 3 is 2.76 bits per heavy atom. The van der Waals surface area contributed by atoms with Gasteiger partial charge >= 0.3 is 0 Å². The molecule has 0 amide bonds. The Labute approximate surface area is 102 Å². The average Bonchev–Trinajstić information content (AvgIpc) is 2.93. The van der Waals surface area contributed by atoms with Crippen LogP contribution in [0.3, 0.4) is 0 Å². The predicted molar refractivity (Wildman–Crippen MR) is 67.5 cm³/mol. The van der Waals surface area contributed by atoms with E-state index in [2.05, 4.69) is 4.90 Å². The molecule has 1 aromatic carbocycles. The Morgan fingerprint density at radius 2 is 2.06 bits per heavy atom. The third-order valence-electron chi connectivity index (χ3n) is 4.34. The topological polar surface area (TPSA) is 49.5 Å². The second-order valence-corrected chi connectivity index (χ2v) is 5.30. The number of hydrogen-bond donors (Lipinski definition) is 2. The molecule has 3 heteroatoms. The van der Waals surface area contributed by atoms with Crippen molar-refractivity contribution < 1.29 is 5.11 Å². The van der Waals surface area contributed by atoms with Crippen molar-refractivity contribution in [3.8, 4) is 0 Å². The summed E-state index contributed by atoms with van der Waals surface area (Å²) in [6.07, 6.45) is 2.03. The summed E-state index contributed by atoms with van der Waals surface area (Å²) in [5.74, 6) is 0.183. The third kappa shape index (κ3) is 1.88. The molecule has 1 aromatic rings. The van der Waals surface area contributed by atoms with E-state index in [0.717, 1.165) is 18.7 Å². The van der Waals surface area contributed by atoms with Crippen LogP contribution < -0.4 is 5.73 Å². The van der Waals surface area contributed by atoms with Crippen LogP contribution in [0.25, 0.3) is 0 Å². The van der Waals surface area contributed by atoms with Gasteiger partial charge in [-0.3, -0.25) is 4.90 Å². The van der Waals surface area contributed by atoms with Crippen molar-refractivity contribution in [2.75, 3.05) is 13.1 Å². The number of aliphatic hydroxyl groups is 1. The summed E-state index contributed by atoms with van der Waals surface area (Å²) in [6.45, 7) is 2.10. The maximum Gasteiger partial charge on any atom is 0.0845 e. The minimum Gasteiger partial charge on any atom is -0.388 e. The molecule has 2 heterocycles. The highest BCUT2D eigenvalue weighted by atomic mass is 16.3. The van der Waals surface area contributed by atoms with Crippen molar-refractivity contribution in [2.45, 2.75) is 31.0 Å². The molecule has 0 aromatic heterocycles. The Morgan fingerprint density at radius 1 is 1.29 bits per heavy atom. The average molecular weight is 232 g/mol. The van der Waals surface area contributed by atoms with Gasteiger partial charge in [0.05, 0.1) is 6.10 Å². The van der Waals surface area contributed by atoms with Gasteiger partial charge in [-0.1, -0.05) is 30.3 Å². The number of nitrogens with two attached hydrogens (primary N) is 1. The van der Waals surface area contributed by atoms with Crippen LogP contribution in [0.15, 0.2) is 30.3 Å². The molecule has 2 fully saturated rings. The molecule has 0 aliphatic carbocycles. The fourth-order valence-electron chi connectivity index (χ4n) is 3.40. The fourth-order valence-corrected chi connectivity index (χ4v) is 3.40. The molecule has 2 aliphatic rings. The van der Waals surface area contributed by atoms with Gasteiger partial charge in [0.25, 0.3) is 0 Å². The van der Waals surface area contributed by atoms with E-state index in [4.69, 9.17) is 5.73 Å². The van der Waals surface area contributed by atoms with Gasteiger partial charge in [0, 0.05) is 24.5 Å². The molecule has 0 unspecified atom stereocenters. The molecular weight excluding hydrogens is 212 g/mol. The highest BCUT2D eigenvalue weighted by Crippen LogP contribution is 2.37. The van der Waals surface area contributed by atoms with Crippen molar-refractivity contribution in [2.24, 2.45) is 11.7 Å². The number of fused-ring (bicyclic) bond motifs is 1. The highest BCUT2D eigenvalue weighted by Gasteiger charge is 2.44. The van der Waals surface area contributed by atoms with Crippen LogP contribution in [-0.2, 0) is 0 Å². The first-order valence-corrected chi connectivity index (χ1v) is 6.50. The molecule has 4 atom stereocenters. The maximum atomic E-state index is 10.4. The molecule has 3 rings (SSSR count). The van der Waals surface area contributed by atoms with E-state index in [1.165, 1.54) is 12.8 Å². The minimum atomic E-state index is -0.420. The maximum absolute atomic E-state index is 10.4. The molecule has 0 saturated carbocycles. The second kappa shape index (κ2) is 4.41. The predicted octanol–water partition coefficient (Wildman–Crippen LogP) is 1.14. The van der Waals surface area contributed by atoms with E-state index in [-0.39, 0.29) is 12.0 Å². The summed E-state index contributed by atoms with van der Waals surface area (Å²) < 4.78 is 0. The Kier molecular flexibility index (Phi) is 2.90. The molecule has 3 N–H and O–H groups in total. The number of rotatable bonds is 2. The van der Waals surface area contributed by atoms with Gasteiger partial charge in [0.1, 0.15) is 0 Å². The molecule has 2 aliphatic heterocycles. The highest BCUT2D eigenvalue weighted by molar-refractivity contribution is 5.20. The second-order valence-electron chi connectivity index (χ2n) is 5.30. The van der Waals surface area contributed by atoms with Gasteiger partial charge in [-0.05, 0) is 24.9 Å². The zero-order valence-corrected chi connectivity index (χ0v) is 10.00. The van der Waals surface area contributed by atoms with Crippen LogP contribution in [0.2, 0.25) is 0 Å². The van der Waals surface area contributed by atoms with E-state index >= 15 is 0 Å². The van der Waals surface area contributed by atoms with Gasteiger partial charge in [0.15, 0.2) is 0 Å². The Balaban J connectivity index is 1.77. The SMILES string of the molecule is N[C@@H]1[C@H]([C@H](O)c2ccccc2)CN2CCC[C@H]12. The van der Waals surface area contributed by atoms with Gasteiger partial charge in [-0.15, -0.1) is 0 Å². The third-order valence-corrected chi connectivity index (χ3v) is 4.34. The van der Waals surface area contributed by atoms with Crippen molar-refractivity contribution in [1.29, 1.82) is 0 Å². The van der Waals surface area contributed by atoms with Gasteiger partial charge in [0.2, 0.25) is 0 Å². The van der Waals surface area contributed by atoms with Gasteiger partial charge in [-0.2, -0.15) is 0 Å². The fraction of sp³-hybridized carbons (Fsp3) is 0.571. The van der Waals surface area contributed by atoms with E-state index < -0.39 is 6.10 Å². The van der Waals surface area contributed by atoms with Gasteiger partial charge in [-0.25, -0.2) is 0 Å². The lowest BCUT2D eigenvalue weighted by Crippen LogP contribution is -2.39. The van der Waals surface area contributed by atoms with Crippen molar-refractivity contribution >= 4 is 0 Å². The first-order chi connectivity index (χ1) is 8.27. The van der Waals surface area contributed by atoms with E-state index in [1.807, 2.05) is 30.3 Å². The molecule has 0 radical (unpaired) electrons. The summed E-state index contributed by atoms with van der Waals surface area (Å²) in [4.78, 5) is 2.45. The zero-order valence-electron chi connectivity index (χ0n) is 10.00. The molecule has 92 valence electrons. The number of nitrogens with zero attached hydrogens (tertiary/aromatic N) is 1. The summed E-state index contributed by atoms with van der Waals surface area (Å²) in [7, 11) is 0. The van der Waals surface area contributed by atoms with Gasteiger partial charge < -0.3 is 10.8 Å². The molecule has 3 nitrogen and oxygen atoms in total. The molecule has 0 spiro atoms. The molecule has 2 saturated heterocycles. The summed E-state index contributed by atoms with van der Waals surface area (Å²) >= 11 is 0. The van der Waals surface area contributed by atoms with E-state index in [1.54, 1.807) is 0 Å². The summed E-state index contributed by atoms with van der Waals surface area (Å²) in [5.41, 5.74) is 7.30. The minimum absolute atomic E-state index is 0.118. The Bertz CT molecular complexity index is 381. The molecule has 17 heavy (non-hydrogen) atoms. The van der Waals surface area contributed by atoms with Crippen LogP contribution in [0.5, 0.6) is 0 Å². The molecule has 0 bridgehead atoms. The summed E-state index contributed by atoms with van der Waals surface area (Å²) in [6, 6.07) is 10.5.